The molecule has 164 valence electrons. The number of fused-ring (bicyclic) bond motifs is 6. The zero-order chi connectivity index (χ0) is 21.7. The fraction of sp³-hybridized carbons (Fsp3) is 0.346. The van der Waals surface area contributed by atoms with Crippen LogP contribution < -0.4 is 14.8 Å². The van der Waals surface area contributed by atoms with Crippen LogP contribution in [-0.4, -0.2) is 30.8 Å². The lowest BCUT2D eigenvalue weighted by atomic mass is 9.87. The number of hydrogen-bond acceptors (Lipinski definition) is 5. The van der Waals surface area contributed by atoms with E-state index in [1.165, 1.54) is 15.1 Å². The van der Waals surface area contributed by atoms with Crippen molar-refractivity contribution in [2.24, 2.45) is 5.92 Å². The van der Waals surface area contributed by atoms with Crippen molar-refractivity contribution in [3.63, 3.8) is 0 Å². The van der Waals surface area contributed by atoms with Crippen LogP contribution in [0.5, 0.6) is 11.5 Å². The Kier molecular flexibility index (Phi) is 5.00. The highest BCUT2D eigenvalue weighted by atomic mass is 32.1. The van der Waals surface area contributed by atoms with Crippen LogP contribution in [0.4, 0.5) is 4.39 Å². The first-order valence-corrected chi connectivity index (χ1v) is 12.1. The van der Waals surface area contributed by atoms with Crippen LogP contribution in [0.2, 0.25) is 0 Å². The fourth-order valence-corrected chi connectivity index (χ4v) is 6.15. The van der Waals surface area contributed by atoms with Gasteiger partial charge in [0.1, 0.15) is 18.5 Å². The Labute approximate surface area is 190 Å². The lowest BCUT2D eigenvalue weighted by Gasteiger charge is -2.29. The summed E-state index contributed by atoms with van der Waals surface area (Å²) in [7, 11) is 0. The van der Waals surface area contributed by atoms with E-state index in [1.54, 1.807) is 12.1 Å². The van der Waals surface area contributed by atoms with Crippen LogP contribution in [0.25, 0.3) is 21.0 Å². The second-order valence-electron chi connectivity index (χ2n) is 8.87. The molecule has 2 aromatic heterocycles. The van der Waals surface area contributed by atoms with E-state index in [2.05, 4.69) is 16.4 Å². The van der Waals surface area contributed by atoms with E-state index in [4.69, 9.17) is 9.47 Å². The fourth-order valence-electron chi connectivity index (χ4n) is 4.92. The van der Waals surface area contributed by atoms with E-state index < -0.39 is 0 Å². The van der Waals surface area contributed by atoms with E-state index in [1.807, 2.05) is 42.5 Å². The largest absolute Gasteiger partial charge is 0.486 e. The zero-order valence-corrected chi connectivity index (χ0v) is 18.8. The van der Waals surface area contributed by atoms with Crippen molar-refractivity contribution >= 4 is 32.3 Å². The lowest BCUT2D eigenvalue weighted by Crippen LogP contribution is -2.40. The molecule has 3 heterocycles. The number of aromatic nitrogens is 1. The molecule has 0 spiro atoms. The van der Waals surface area contributed by atoms with E-state index in [0.29, 0.717) is 12.5 Å². The first kappa shape index (κ1) is 19.9. The van der Waals surface area contributed by atoms with Gasteiger partial charge in [0.05, 0.1) is 5.52 Å². The SMILES string of the molecule is Cc1ccc2c3c(ccc2n1)OC[C@H](CNC[C@@H]1CCc2sc4ccc(F)cc4c2C1)O3. The van der Waals surface area contributed by atoms with Gasteiger partial charge in [-0.3, -0.25) is 4.98 Å². The highest BCUT2D eigenvalue weighted by Gasteiger charge is 2.25. The van der Waals surface area contributed by atoms with Gasteiger partial charge in [0.25, 0.3) is 0 Å². The second-order valence-corrected chi connectivity index (χ2v) is 10.0. The third-order valence-electron chi connectivity index (χ3n) is 6.55. The Morgan fingerprint density at radius 2 is 2.06 bits per heavy atom. The van der Waals surface area contributed by atoms with Gasteiger partial charge < -0.3 is 14.8 Å². The molecule has 4 aromatic rings. The van der Waals surface area contributed by atoms with Crippen molar-refractivity contribution in [2.45, 2.75) is 32.3 Å². The van der Waals surface area contributed by atoms with Crippen LogP contribution in [0.15, 0.2) is 42.5 Å². The van der Waals surface area contributed by atoms with Gasteiger partial charge in [-0.1, -0.05) is 0 Å². The topological polar surface area (TPSA) is 43.4 Å². The van der Waals surface area contributed by atoms with Gasteiger partial charge in [-0.25, -0.2) is 4.39 Å². The number of aryl methyl sites for hydroxylation is 2. The maximum atomic E-state index is 13.8. The number of hydrogen-bond donors (Lipinski definition) is 1. The van der Waals surface area contributed by atoms with Crippen LogP contribution in [-0.2, 0) is 12.8 Å². The summed E-state index contributed by atoms with van der Waals surface area (Å²) in [6.07, 6.45) is 3.21. The minimum atomic E-state index is -0.147. The van der Waals surface area contributed by atoms with Crippen molar-refractivity contribution in [1.82, 2.24) is 10.3 Å². The van der Waals surface area contributed by atoms with Crippen molar-refractivity contribution in [2.75, 3.05) is 19.7 Å². The third kappa shape index (κ3) is 3.61. The summed E-state index contributed by atoms with van der Waals surface area (Å²) in [5, 5.41) is 5.70. The highest BCUT2D eigenvalue weighted by molar-refractivity contribution is 7.19. The first-order chi connectivity index (χ1) is 15.6. The summed E-state index contributed by atoms with van der Waals surface area (Å²) in [6, 6.07) is 13.2. The van der Waals surface area contributed by atoms with Gasteiger partial charge in [-0.2, -0.15) is 0 Å². The van der Waals surface area contributed by atoms with Crippen molar-refractivity contribution in [3.8, 4) is 11.5 Å². The molecular formula is C26H25FN2O2S. The quantitative estimate of drug-likeness (QED) is 0.452. The molecule has 0 amide bonds. The summed E-state index contributed by atoms with van der Waals surface area (Å²) in [5.41, 5.74) is 3.27. The van der Waals surface area contributed by atoms with Crippen LogP contribution in [0.1, 0.15) is 22.6 Å². The molecule has 0 bridgehead atoms. The second kappa shape index (κ2) is 8.01. The van der Waals surface area contributed by atoms with E-state index in [-0.39, 0.29) is 11.9 Å². The molecule has 0 radical (unpaired) electrons. The predicted molar refractivity (Wildman–Crippen MR) is 127 cm³/mol. The maximum Gasteiger partial charge on any atom is 0.171 e. The molecule has 4 nitrogen and oxygen atoms in total. The predicted octanol–water partition coefficient (Wildman–Crippen LogP) is 5.43. The Morgan fingerprint density at radius 1 is 1.12 bits per heavy atom. The van der Waals surface area contributed by atoms with Gasteiger partial charge in [0.2, 0.25) is 0 Å². The smallest absolute Gasteiger partial charge is 0.171 e. The molecule has 1 N–H and O–H groups in total. The van der Waals surface area contributed by atoms with E-state index in [9.17, 15) is 4.39 Å². The molecule has 1 aliphatic carbocycles. The number of halogens is 1. The van der Waals surface area contributed by atoms with Crippen molar-refractivity contribution in [3.05, 3.63) is 64.4 Å². The monoisotopic (exact) mass is 448 g/mol. The summed E-state index contributed by atoms with van der Waals surface area (Å²) in [6.45, 7) is 4.19. The number of benzene rings is 2. The van der Waals surface area contributed by atoms with Crippen molar-refractivity contribution < 1.29 is 13.9 Å². The summed E-state index contributed by atoms with van der Waals surface area (Å²) >= 11 is 1.82. The Bertz CT molecular complexity index is 1320. The Morgan fingerprint density at radius 3 is 3.00 bits per heavy atom. The molecule has 2 atom stereocenters. The average Bonchev–Trinajstić information content (AvgIpc) is 3.16. The molecule has 6 heteroatoms. The molecule has 0 saturated heterocycles. The number of pyridine rings is 1. The molecule has 1 aliphatic heterocycles. The minimum Gasteiger partial charge on any atom is -0.486 e. The summed E-state index contributed by atoms with van der Waals surface area (Å²) < 4.78 is 27.3. The Hall–Kier alpha value is -2.70. The van der Waals surface area contributed by atoms with Crippen LogP contribution in [0, 0.1) is 18.7 Å². The van der Waals surface area contributed by atoms with Crippen molar-refractivity contribution in [1.29, 1.82) is 0 Å². The molecule has 0 saturated carbocycles. The van der Waals surface area contributed by atoms with Gasteiger partial charge in [-0.15, -0.1) is 11.3 Å². The number of nitrogens with one attached hydrogen (secondary N) is 1. The molecule has 6 rings (SSSR count). The number of nitrogens with zero attached hydrogens (tertiary/aromatic N) is 1. The summed E-state index contributed by atoms with van der Waals surface area (Å²) in [5.74, 6) is 1.98. The number of rotatable bonds is 4. The van der Waals surface area contributed by atoms with Crippen LogP contribution >= 0.6 is 11.3 Å². The van der Waals surface area contributed by atoms with Gasteiger partial charge in [0.15, 0.2) is 11.5 Å². The number of thiophene rings is 1. The van der Waals surface area contributed by atoms with E-state index >= 15 is 0 Å². The van der Waals surface area contributed by atoms with Gasteiger partial charge >= 0.3 is 0 Å². The molecule has 2 aromatic carbocycles. The Balaban J connectivity index is 1.10. The van der Waals surface area contributed by atoms with Gasteiger partial charge in [-0.05, 0) is 92.1 Å². The average molecular weight is 449 g/mol. The highest BCUT2D eigenvalue weighted by Crippen LogP contribution is 2.39. The normalized spacial score (nSPS) is 19.9. The summed E-state index contributed by atoms with van der Waals surface area (Å²) in [4.78, 5) is 6.03. The molecular weight excluding hydrogens is 423 g/mol. The minimum absolute atomic E-state index is 0.0374. The lowest BCUT2D eigenvalue weighted by molar-refractivity contribution is 0.0915. The van der Waals surface area contributed by atoms with Crippen LogP contribution in [0.3, 0.4) is 0 Å². The molecule has 32 heavy (non-hydrogen) atoms. The number of ether oxygens (including phenoxy) is 2. The third-order valence-corrected chi connectivity index (χ3v) is 7.82. The van der Waals surface area contributed by atoms with E-state index in [0.717, 1.165) is 65.8 Å². The zero-order valence-electron chi connectivity index (χ0n) is 18.0. The molecule has 2 aliphatic rings. The standard InChI is InChI=1S/C26H25FN2O2S/c1-15-2-5-19-22(29-15)6-7-23-26(19)31-18(14-30-23)13-28-12-16-3-8-24-20(10-16)21-11-17(27)4-9-25(21)32-24/h2,4-7,9,11,16,18,28H,3,8,10,12-14H2,1H3/t16-,18+/m1/s1. The molecule has 0 unspecified atom stereocenters. The van der Waals surface area contributed by atoms with Gasteiger partial charge in [0, 0.05) is 27.2 Å². The molecule has 0 fully saturated rings. The maximum absolute atomic E-state index is 13.8. The first-order valence-electron chi connectivity index (χ1n) is 11.2.